The van der Waals surface area contributed by atoms with E-state index in [1.807, 2.05) is 31.2 Å². The van der Waals surface area contributed by atoms with Crippen LogP contribution in [0.3, 0.4) is 0 Å². The van der Waals surface area contributed by atoms with E-state index in [-0.39, 0.29) is 11.5 Å². The molecule has 1 fully saturated rings. The van der Waals surface area contributed by atoms with Gasteiger partial charge in [-0.25, -0.2) is 4.68 Å². The molecule has 0 saturated carbocycles. The van der Waals surface area contributed by atoms with Crippen LogP contribution in [-0.2, 0) is 9.53 Å². The number of aryl methyl sites for hydroxylation is 1. The fourth-order valence-corrected chi connectivity index (χ4v) is 4.87. The number of hydrogen-bond donors (Lipinski definition) is 1. The Kier molecular flexibility index (Phi) is 5.94. The van der Waals surface area contributed by atoms with Crippen LogP contribution in [0.25, 0.3) is 20.2 Å². The zero-order chi connectivity index (χ0) is 20.4. The van der Waals surface area contributed by atoms with E-state index in [0.29, 0.717) is 11.9 Å². The minimum absolute atomic E-state index is 0.181. The van der Waals surface area contributed by atoms with Gasteiger partial charge in [-0.05, 0) is 32.9 Å². The first-order valence-corrected chi connectivity index (χ1v) is 10.9. The lowest BCUT2D eigenvalue weighted by atomic mass is 10.2. The smallest absolute Gasteiger partial charge is 0.276 e. The van der Waals surface area contributed by atoms with Crippen molar-refractivity contribution in [1.82, 2.24) is 20.0 Å². The summed E-state index contributed by atoms with van der Waals surface area (Å²) in [5, 5.41) is 8.99. The molecule has 1 unspecified atom stereocenters. The van der Waals surface area contributed by atoms with Crippen molar-refractivity contribution in [2.24, 2.45) is 0 Å². The van der Waals surface area contributed by atoms with Crippen molar-refractivity contribution < 1.29 is 9.53 Å². The average Bonchev–Trinajstić information content (AvgIpc) is 3.14. The second-order valence-electron chi connectivity index (χ2n) is 7.41. The summed E-state index contributed by atoms with van der Waals surface area (Å²) in [6.45, 7) is 8.56. The molecule has 1 aromatic carbocycles. The van der Waals surface area contributed by atoms with Crippen LogP contribution in [0.5, 0.6) is 0 Å². The number of amides is 1. The minimum atomic E-state index is -0.660. The normalized spacial score (nSPS) is 16.3. The number of nitrogens with one attached hydrogen (secondary N) is 1. The molecule has 154 valence electrons. The zero-order valence-electron chi connectivity index (χ0n) is 16.8. The molecular formula is C21H26N4O3S. The van der Waals surface area contributed by atoms with Crippen LogP contribution < -0.4 is 10.9 Å². The van der Waals surface area contributed by atoms with E-state index in [0.717, 1.165) is 59.7 Å². The number of morpholine rings is 1. The van der Waals surface area contributed by atoms with Crippen molar-refractivity contribution in [2.75, 3.05) is 39.4 Å². The quantitative estimate of drug-likeness (QED) is 0.627. The molecule has 29 heavy (non-hydrogen) atoms. The van der Waals surface area contributed by atoms with Crippen molar-refractivity contribution >= 4 is 37.4 Å². The number of ether oxygens (including phenoxy) is 1. The van der Waals surface area contributed by atoms with E-state index in [2.05, 4.69) is 15.3 Å². The molecular weight excluding hydrogens is 388 g/mol. The van der Waals surface area contributed by atoms with Gasteiger partial charge < -0.3 is 10.1 Å². The molecule has 1 aliphatic rings. The van der Waals surface area contributed by atoms with Gasteiger partial charge in [0.2, 0.25) is 5.91 Å². The zero-order valence-corrected chi connectivity index (χ0v) is 17.6. The van der Waals surface area contributed by atoms with Gasteiger partial charge >= 0.3 is 0 Å². The van der Waals surface area contributed by atoms with Crippen molar-refractivity contribution in [3.8, 4) is 0 Å². The molecule has 3 heterocycles. The minimum Gasteiger partial charge on any atom is -0.379 e. The van der Waals surface area contributed by atoms with Crippen molar-refractivity contribution in [2.45, 2.75) is 26.3 Å². The van der Waals surface area contributed by atoms with Gasteiger partial charge in [-0.3, -0.25) is 14.5 Å². The van der Waals surface area contributed by atoms with Crippen LogP contribution in [0.1, 0.15) is 25.1 Å². The monoisotopic (exact) mass is 414 g/mol. The maximum absolute atomic E-state index is 13.1. The van der Waals surface area contributed by atoms with Gasteiger partial charge in [-0.15, -0.1) is 11.3 Å². The second kappa shape index (κ2) is 8.61. The summed E-state index contributed by atoms with van der Waals surface area (Å²) >= 11 is 1.57. The first kappa shape index (κ1) is 20.0. The molecule has 1 atom stereocenters. The van der Waals surface area contributed by atoms with Gasteiger partial charge in [0.15, 0.2) is 0 Å². The van der Waals surface area contributed by atoms with Crippen LogP contribution in [-0.4, -0.2) is 60.0 Å². The van der Waals surface area contributed by atoms with E-state index in [9.17, 15) is 9.59 Å². The van der Waals surface area contributed by atoms with Gasteiger partial charge in [0.05, 0.1) is 29.0 Å². The molecule has 1 N–H and O–H groups in total. The van der Waals surface area contributed by atoms with E-state index >= 15 is 0 Å². The fourth-order valence-electron chi connectivity index (χ4n) is 3.74. The highest BCUT2D eigenvalue weighted by Crippen LogP contribution is 2.32. The van der Waals surface area contributed by atoms with Crippen LogP contribution in [0.15, 0.2) is 29.1 Å². The van der Waals surface area contributed by atoms with Gasteiger partial charge in [0, 0.05) is 29.7 Å². The molecule has 7 nitrogen and oxygen atoms in total. The molecule has 1 amide bonds. The lowest BCUT2D eigenvalue weighted by Crippen LogP contribution is -2.40. The second-order valence-corrected chi connectivity index (χ2v) is 8.46. The number of fused-ring (bicyclic) bond motifs is 3. The summed E-state index contributed by atoms with van der Waals surface area (Å²) in [5.41, 5.74) is 0.562. The molecule has 0 spiro atoms. The van der Waals surface area contributed by atoms with Crippen LogP contribution >= 0.6 is 11.3 Å². The van der Waals surface area contributed by atoms with Gasteiger partial charge in [-0.1, -0.05) is 18.2 Å². The molecule has 1 aliphatic heterocycles. The number of aromatic nitrogens is 2. The number of thiophene rings is 1. The SMILES string of the molecule is Cc1nn(C(C)C(=O)NCCCN2CCOCC2)c(=O)c2c1sc1ccccc12. The van der Waals surface area contributed by atoms with Crippen molar-refractivity contribution in [1.29, 1.82) is 0 Å². The number of hydrogen-bond acceptors (Lipinski definition) is 6. The Morgan fingerprint density at radius 1 is 1.31 bits per heavy atom. The number of nitrogens with zero attached hydrogens (tertiary/aromatic N) is 3. The predicted molar refractivity (Wildman–Crippen MR) is 116 cm³/mol. The summed E-state index contributed by atoms with van der Waals surface area (Å²) in [5.74, 6) is -0.181. The van der Waals surface area contributed by atoms with Gasteiger partial charge in [-0.2, -0.15) is 5.10 Å². The number of benzene rings is 1. The number of carbonyl (C=O) groups is 1. The molecule has 8 heteroatoms. The molecule has 3 aromatic rings. The Balaban J connectivity index is 1.48. The van der Waals surface area contributed by atoms with E-state index in [1.165, 1.54) is 4.68 Å². The molecule has 2 aromatic heterocycles. The van der Waals surface area contributed by atoms with Crippen molar-refractivity contribution in [3.05, 3.63) is 40.3 Å². The Hall–Kier alpha value is -2.29. The molecule has 0 aliphatic carbocycles. The summed E-state index contributed by atoms with van der Waals surface area (Å²) in [6, 6.07) is 7.20. The molecule has 0 radical (unpaired) electrons. The summed E-state index contributed by atoms with van der Waals surface area (Å²) in [4.78, 5) is 28.1. The third-order valence-electron chi connectivity index (χ3n) is 5.40. The van der Waals surface area contributed by atoms with Gasteiger partial charge in [0.1, 0.15) is 6.04 Å². The largest absolute Gasteiger partial charge is 0.379 e. The topological polar surface area (TPSA) is 76.5 Å². The summed E-state index contributed by atoms with van der Waals surface area (Å²) in [6.07, 6.45) is 0.869. The molecule has 4 rings (SSSR count). The highest BCUT2D eigenvalue weighted by molar-refractivity contribution is 7.26. The average molecular weight is 415 g/mol. The maximum atomic E-state index is 13.1. The Bertz CT molecular complexity index is 1080. The summed E-state index contributed by atoms with van der Waals surface area (Å²) < 4.78 is 8.63. The van der Waals surface area contributed by atoms with Gasteiger partial charge in [0.25, 0.3) is 5.56 Å². The van der Waals surface area contributed by atoms with E-state index < -0.39 is 6.04 Å². The maximum Gasteiger partial charge on any atom is 0.276 e. The Morgan fingerprint density at radius 2 is 2.07 bits per heavy atom. The van der Waals surface area contributed by atoms with E-state index in [1.54, 1.807) is 18.3 Å². The fraction of sp³-hybridized carbons (Fsp3) is 0.476. The first-order chi connectivity index (χ1) is 14.1. The predicted octanol–water partition coefficient (Wildman–Crippen LogP) is 2.32. The summed E-state index contributed by atoms with van der Waals surface area (Å²) in [7, 11) is 0. The van der Waals surface area contributed by atoms with Crippen molar-refractivity contribution in [3.63, 3.8) is 0 Å². The third-order valence-corrected chi connectivity index (χ3v) is 6.68. The molecule has 1 saturated heterocycles. The Morgan fingerprint density at radius 3 is 2.86 bits per heavy atom. The van der Waals surface area contributed by atoms with Crippen LogP contribution in [0.2, 0.25) is 0 Å². The highest BCUT2D eigenvalue weighted by atomic mass is 32.1. The highest BCUT2D eigenvalue weighted by Gasteiger charge is 2.21. The Labute approximate surface area is 173 Å². The number of rotatable bonds is 6. The lowest BCUT2D eigenvalue weighted by molar-refractivity contribution is -0.124. The lowest BCUT2D eigenvalue weighted by Gasteiger charge is -2.26. The first-order valence-electron chi connectivity index (χ1n) is 10.0. The third kappa shape index (κ3) is 4.05. The number of carbonyl (C=O) groups excluding carboxylic acids is 1. The molecule has 0 bridgehead atoms. The van der Waals surface area contributed by atoms with Crippen LogP contribution in [0, 0.1) is 6.92 Å². The standard InChI is InChI=1S/C21H26N4O3S/c1-14-19-18(16-6-3-4-7-17(16)29-19)21(27)25(23-14)15(2)20(26)22-8-5-9-24-10-12-28-13-11-24/h3-4,6-7,15H,5,8-13H2,1-2H3,(H,22,26). The van der Waals surface area contributed by atoms with E-state index in [4.69, 9.17) is 4.74 Å². The van der Waals surface area contributed by atoms with Crippen LogP contribution in [0.4, 0.5) is 0 Å².